The van der Waals surface area contributed by atoms with Gasteiger partial charge < -0.3 is 4.74 Å². The largest absolute Gasteiger partial charge is 0.376 e. The van der Waals surface area contributed by atoms with Crippen molar-refractivity contribution in [3.05, 3.63) is 34.4 Å². The molecule has 0 fully saturated rings. The Kier molecular flexibility index (Phi) is 5.75. The number of nitrogens with one attached hydrogen (secondary N) is 1. The number of hydrogen-bond acceptors (Lipinski definition) is 3. The third kappa shape index (κ3) is 3.81. The second-order valence-electron chi connectivity index (χ2n) is 6.68. The van der Waals surface area contributed by atoms with Crippen molar-refractivity contribution < 1.29 is 4.74 Å². The van der Waals surface area contributed by atoms with Crippen LogP contribution in [0.1, 0.15) is 56.0 Å². The van der Waals surface area contributed by atoms with Crippen LogP contribution in [-0.2, 0) is 4.74 Å². The van der Waals surface area contributed by atoms with Crippen molar-refractivity contribution in [2.45, 2.75) is 60.6 Å². The third-order valence-electron chi connectivity index (χ3n) is 3.90. The Balaban J connectivity index is 3.26. The molecule has 1 aromatic rings. The summed E-state index contributed by atoms with van der Waals surface area (Å²) in [5.41, 5.74) is 8.06. The molecule has 2 atom stereocenters. The van der Waals surface area contributed by atoms with Crippen LogP contribution in [0.15, 0.2) is 12.1 Å². The molecule has 0 radical (unpaired) electrons. The molecule has 114 valence electrons. The molecule has 3 N–H and O–H groups in total. The number of aryl methyl sites for hydroxylation is 3. The molecule has 0 aliphatic heterocycles. The SMILES string of the molecule is CCOC(C(NN)c1cc(C)c(C)cc1C)C(C)(C)C. The Labute approximate surface area is 123 Å². The zero-order valence-corrected chi connectivity index (χ0v) is 14.0. The average Bonchev–Trinajstić information content (AvgIpc) is 2.33. The van der Waals surface area contributed by atoms with Crippen LogP contribution in [0.4, 0.5) is 0 Å². The van der Waals surface area contributed by atoms with Crippen LogP contribution in [0.25, 0.3) is 0 Å². The van der Waals surface area contributed by atoms with Crippen LogP contribution in [-0.4, -0.2) is 12.7 Å². The van der Waals surface area contributed by atoms with Gasteiger partial charge in [0.25, 0.3) is 0 Å². The Morgan fingerprint density at radius 2 is 1.65 bits per heavy atom. The Morgan fingerprint density at radius 1 is 1.10 bits per heavy atom. The minimum atomic E-state index is -0.00532. The zero-order chi connectivity index (χ0) is 15.5. The van der Waals surface area contributed by atoms with E-state index in [1.807, 2.05) is 6.92 Å². The molecule has 3 heteroatoms. The van der Waals surface area contributed by atoms with Gasteiger partial charge in [0, 0.05) is 6.61 Å². The maximum atomic E-state index is 6.00. The highest BCUT2D eigenvalue weighted by Crippen LogP contribution is 2.34. The van der Waals surface area contributed by atoms with Crippen LogP contribution in [0.2, 0.25) is 0 Å². The van der Waals surface area contributed by atoms with E-state index < -0.39 is 0 Å². The van der Waals surface area contributed by atoms with Crippen LogP contribution >= 0.6 is 0 Å². The van der Waals surface area contributed by atoms with E-state index in [1.165, 1.54) is 22.3 Å². The van der Waals surface area contributed by atoms with E-state index in [-0.39, 0.29) is 17.6 Å². The van der Waals surface area contributed by atoms with Gasteiger partial charge in [0.05, 0.1) is 12.1 Å². The highest BCUT2D eigenvalue weighted by Gasteiger charge is 2.34. The molecule has 0 amide bonds. The second-order valence-corrected chi connectivity index (χ2v) is 6.68. The van der Waals surface area contributed by atoms with Gasteiger partial charge in [-0.2, -0.15) is 0 Å². The standard InChI is InChI=1S/C17H30N2O/c1-8-20-16(17(5,6)7)15(19-18)14-10-12(3)11(2)9-13(14)4/h9-10,15-16,19H,8,18H2,1-7H3. The molecule has 0 saturated carbocycles. The lowest BCUT2D eigenvalue weighted by Gasteiger charge is -2.37. The first-order valence-electron chi connectivity index (χ1n) is 7.37. The fourth-order valence-electron chi connectivity index (χ4n) is 2.68. The summed E-state index contributed by atoms with van der Waals surface area (Å²) in [4.78, 5) is 0. The molecule has 0 heterocycles. The van der Waals surface area contributed by atoms with Gasteiger partial charge in [-0.05, 0) is 55.4 Å². The second kappa shape index (κ2) is 6.70. The topological polar surface area (TPSA) is 47.3 Å². The van der Waals surface area contributed by atoms with E-state index in [0.29, 0.717) is 6.61 Å². The molecule has 2 unspecified atom stereocenters. The maximum Gasteiger partial charge on any atom is 0.0830 e. The van der Waals surface area contributed by atoms with Gasteiger partial charge in [-0.25, -0.2) is 0 Å². The van der Waals surface area contributed by atoms with Gasteiger partial charge in [-0.3, -0.25) is 11.3 Å². The van der Waals surface area contributed by atoms with Crippen molar-refractivity contribution in [3.8, 4) is 0 Å². The lowest BCUT2D eigenvalue weighted by Crippen LogP contribution is -2.45. The molecule has 0 saturated heterocycles. The van der Waals surface area contributed by atoms with Crippen LogP contribution in [0.3, 0.4) is 0 Å². The molecule has 20 heavy (non-hydrogen) atoms. The molecule has 0 aliphatic rings. The molecule has 1 rings (SSSR count). The van der Waals surface area contributed by atoms with E-state index in [9.17, 15) is 0 Å². The first kappa shape index (κ1) is 17.2. The summed E-state index contributed by atoms with van der Waals surface area (Å²) < 4.78 is 6.00. The zero-order valence-electron chi connectivity index (χ0n) is 14.0. The van der Waals surface area contributed by atoms with Crippen molar-refractivity contribution in [1.29, 1.82) is 0 Å². The number of hydrogen-bond donors (Lipinski definition) is 2. The number of hydrazine groups is 1. The molecule has 0 aliphatic carbocycles. The van der Waals surface area contributed by atoms with Crippen LogP contribution < -0.4 is 11.3 Å². The molecular formula is C17H30N2O. The summed E-state index contributed by atoms with van der Waals surface area (Å²) in [6, 6.07) is 4.45. The fraction of sp³-hybridized carbons (Fsp3) is 0.647. The lowest BCUT2D eigenvalue weighted by molar-refractivity contribution is -0.0368. The first-order chi connectivity index (χ1) is 9.22. The number of ether oxygens (including phenoxy) is 1. The Hall–Kier alpha value is -0.900. The number of rotatable bonds is 5. The van der Waals surface area contributed by atoms with E-state index in [0.717, 1.165) is 0 Å². The molecule has 0 aromatic heterocycles. The van der Waals surface area contributed by atoms with Crippen molar-refractivity contribution in [2.75, 3.05) is 6.61 Å². The Bertz CT molecular complexity index is 449. The van der Waals surface area contributed by atoms with Crippen molar-refractivity contribution >= 4 is 0 Å². The highest BCUT2D eigenvalue weighted by molar-refractivity contribution is 5.38. The molecule has 0 spiro atoms. The summed E-state index contributed by atoms with van der Waals surface area (Å²) >= 11 is 0. The maximum absolute atomic E-state index is 6.00. The molecule has 0 bridgehead atoms. The van der Waals surface area contributed by atoms with Crippen molar-refractivity contribution in [2.24, 2.45) is 11.3 Å². The number of benzene rings is 1. The quantitative estimate of drug-likeness (QED) is 0.639. The lowest BCUT2D eigenvalue weighted by atomic mass is 9.80. The minimum absolute atomic E-state index is 0.00532. The average molecular weight is 278 g/mol. The predicted octanol–water partition coefficient (Wildman–Crippen LogP) is 3.57. The Morgan fingerprint density at radius 3 is 2.10 bits per heavy atom. The van der Waals surface area contributed by atoms with Crippen LogP contribution in [0, 0.1) is 26.2 Å². The van der Waals surface area contributed by atoms with Gasteiger partial charge in [-0.15, -0.1) is 0 Å². The minimum Gasteiger partial charge on any atom is -0.376 e. The monoisotopic (exact) mass is 278 g/mol. The summed E-state index contributed by atoms with van der Waals surface area (Å²) in [6.07, 6.45) is 0.0262. The summed E-state index contributed by atoms with van der Waals surface area (Å²) in [7, 11) is 0. The van der Waals surface area contributed by atoms with Crippen LogP contribution in [0.5, 0.6) is 0 Å². The smallest absolute Gasteiger partial charge is 0.0830 e. The van der Waals surface area contributed by atoms with E-state index in [1.54, 1.807) is 0 Å². The van der Waals surface area contributed by atoms with E-state index in [2.05, 4.69) is 59.1 Å². The summed E-state index contributed by atoms with van der Waals surface area (Å²) in [5, 5.41) is 0. The van der Waals surface area contributed by atoms with Crippen molar-refractivity contribution in [1.82, 2.24) is 5.43 Å². The normalized spacial score (nSPS) is 15.2. The predicted molar refractivity (Wildman–Crippen MR) is 85.6 cm³/mol. The summed E-state index contributed by atoms with van der Waals surface area (Å²) in [6.45, 7) is 15.7. The first-order valence-corrected chi connectivity index (χ1v) is 7.37. The van der Waals surface area contributed by atoms with Gasteiger partial charge in [0.1, 0.15) is 0 Å². The molecule has 3 nitrogen and oxygen atoms in total. The fourth-order valence-corrected chi connectivity index (χ4v) is 2.68. The summed E-state index contributed by atoms with van der Waals surface area (Å²) in [5.74, 6) is 5.86. The van der Waals surface area contributed by atoms with Gasteiger partial charge >= 0.3 is 0 Å². The van der Waals surface area contributed by atoms with E-state index in [4.69, 9.17) is 10.6 Å². The highest BCUT2D eigenvalue weighted by atomic mass is 16.5. The van der Waals surface area contributed by atoms with Gasteiger partial charge in [0.2, 0.25) is 0 Å². The molecule has 1 aromatic carbocycles. The third-order valence-corrected chi connectivity index (χ3v) is 3.90. The van der Waals surface area contributed by atoms with Crippen molar-refractivity contribution in [3.63, 3.8) is 0 Å². The van der Waals surface area contributed by atoms with E-state index >= 15 is 0 Å². The van der Waals surface area contributed by atoms with Gasteiger partial charge in [0.15, 0.2) is 0 Å². The number of nitrogens with two attached hydrogens (primary N) is 1. The molecular weight excluding hydrogens is 248 g/mol. The van der Waals surface area contributed by atoms with Gasteiger partial charge in [-0.1, -0.05) is 32.9 Å².